The Labute approximate surface area is 122 Å². The number of piperidine rings is 1. The molecule has 0 spiro atoms. The second-order valence-electron chi connectivity index (χ2n) is 5.10. The molecule has 1 aliphatic heterocycles. The van der Waals surface area contributed by atoms with Crippen LogP contribution in [0.4, 0.5) is 5.82 Å². The van der Waals surface area contributed by atoms with Crippen LogP contribution in [-0.4, -0.2) is 33.1 Å². The smallest absolute Gasteiger partial charge is 0.156 e. The van der Waals surface area contributed by atoms with Crippen molar-refractivity contribution >= 4 is 17.2 Å². The van der Waals surface area contributed by atoms with Crippen LogP contribution >= 0.6 is 11.3 Å². The van der Waals surface area contributed by atoms with Crippen molar-refractivity contribution in [2.75, 3.05) is 18.0 Å². The summed E-state index contributed by atoms with van der Waals surface area (Å²) in [7, 11) is 0. The maximum Gasteiger partial charge on any atom is 0.156 e. The SMILES string of the molecule is Cc1cc(N2CCC[C@H](c3nccs3)C2)nc(CO)n1. The molecule has 3 heterocycles. The molecule has 0 radical (unpaired) electrons. The molecule has 6 heteroatoms. The molecule has 0 saturated carbocycles. The summed E-state index contributed by atoms with van der Waals surface area (Å²) in [5.41, 5.74) is 0.899. The number of nitrogens with zero attached hydrogens (tertiary/aromatic N) is 4. The van der Waals surface area contributed by atoms with Gasteiger partial charge in [-0.1, -0.05) is 0 Å². The fourth-order valence-electron chi connectivity index (χ4n) is 2.67. The number of rotatable bonds is 3. The Morgan fingerprint density at radius 2 is 2.35 bits per heavy atom. The normalized spacial score (nSPS) is 19.3. The van der Waals surface area contributed by atoms with Crippen LogP contribution in [0.25, 0.3) is 0 Å². The quantitative estimate of drug-likeness (QED) is 0.938. The van der Waals surface area contributed by atoms with Gasteiger partial charge in [-0.25, -0.2) is 15.0 Å². The van der Waals surface area contributed by atoms with Gasteiger partial charge in [0.25, 0.3) is 0 Å². The second-order valence-corrected chi connectivity index (χ2v) is 6.02. The van der Waals surface area contributed by atoms with Crippen molar-refractivity contribution in [3.05, 3.63) is 34.2 Å². The number of aliphatic hydroxyl groups excluding tert-OH is 1. The van der Waals surface area contributed by atoms with Crippen LogP contribution in [0.15, 0.2) is 17.6 Å². The molecule has 2 aromatic rings. The van der Waals surface area contributed by atoms with Gasteiger partial charge in [0.1, 0.15) is 12.4 Å². The van der Waals surface area contributed by atoms with Gasteiger partial charge in [0.05, 0.1) is 5.01 Å². The molecular formula is C14H18N4OS. The third kappa shape index (κ3) is 2.81. The van der Waals surface area contributed by atoms with Crippen molar-refractivity contribution in [3.8, 4) is 0 Å². The van der Waals surface area contributed by atoms with Crippen LogP contribution in [0.2, 0.25) is 0 Å². The Morgan fingerprint density at radius 1 is 1.45 bits per heavy atom. The summed E-state index contributed by atoms with van der Waals surface area (Å²) < 4.78 is 0. The molecule has 1 saturated heterocycles. The van der Waals surface area contributed by atoms with E-state index in [0.717, 1.165) is 31.0 Å². The van der Waals surface area contributed by atoms with Crippen LogP contribution in [0.5, 0.6) is 0 Å². The van der Waals surface area contributed by atoms with Crippen LogP contribution in [0.3, 0.4) is 0 Å². The van der Waals surface area contributed by atoms with Crippen molar-refractivity contribution in [1.82, 2.24) is 15.0 Å². The van der Waals surface area contributed by atoms with E-state index in [1.807, 2.05) is 24.6 Å². The molecule has 1 atom stereocenters. The molecule has 0 unspecified atom stereocenters. The summed E-state index contributed by atoms with van der Waals surface area (Å²) in [6.45, 7) is 3.77. The van der Waals surface area contributed by atoms with Gasteiger partial charge in [-0.2, -0.15) is 0 Å². The number of aryl methyl sites for hydroxylation is 1. The summed E-state index contributed by atoms with van der Waals surface area (Å²) in [6, 6.07) is 1.99. The Bertz CT molecular complexity index is 573. The van der Waals surface area contributed by atoms with E-state index in [4.69, 9.17) is 0 Å². The van der Waals surface area contributed by atoms with Crippen LogP contribution < -0.4 is 4.90 Å². The Balaban J connectivity index is 1.81. The molecule has 2 aromatic heterocycles. The predicted molar refractivity (Wildman–Crippen MR) is 79.0 cm³/mol. The number of hydrogen-bond donors (Lipinski definition) is 1. The number of thiazole rings is 1. The maximum absolute atomic E-state index is 9.24. The molecule has 0 aromatic carbocycles. The van der Waals surface area contributed by atoms with Crippen LogP contribution in [0, 0.1) is 6.92 Å². The Morgan fingerprint density at radius 3 is 3.10 bits per heavy atom. The monoisotopic (exact) mass is 290 g/mol. The van der Waals surface area contributed by atoms with Gasteiger partial charge < -0.3 is 10.0 Å². The minimum Gasteiger partial charge on any atom is -0.388 e. The zero-order valence-corrected chi connectivity index (χ0v) is 12.3. The summed E-state index contributed by atoms with van der Waals surface area (Å²) in [4.78, 5) is 15.4. The number of hydrogen-bond acceptors (Lipinski definition) is 6. The van der Waals surface area contributed by atoms with Crippen LogP contribution in [0.1, 0.15) is 35.3 Å². The largest absolute Gasteiger partial charge is 0.388 e. The van der Waals surface area contributed by atoms with E-state index in [9.17, 15) is 5.11 Å². The van der Waals surface area contributed by atoms with Gasteiger partial charge in [0.2, 0.25) is 0 Å². The highest BCUT2D eigenvalue weighted by atomic mass is 32.1. The van der Waals surface area contributed by atoms with E-state index < -0.39 is 0 Å². The zero-order chi connectivity index (χ0) is 13.9. The standard InChI is InChI=1S/C14H18N4OS/c1-10-7-13(17-12(9-19)16-10)18-5-2-3-11(8-18)14-15-4-6-20-14/h4,6-7,11,19H,2-3,5,8-9H2,1H3/t11-/m0/s1. The Kier molecular flexibility index (Phi) is 3.93. The fraction of sp³-hybridized carbons (Fsp3) is 0.500. The Hall–Kier alpha value is -1.53. The minimum absolute atomic E-state index is 0.113. The third-order valence-electron chi connectivity index (χ3n) is 3.57. The summed E-state index contributed by atoms with van der Waals surface area (Å²) in [5, 5.41) is 12.5. The third-order valence-corrected chi connectivity index (χ3v) is 4.51. The van der Waals surface area contributed by atoms with E-state index >= 15 is 0 Å². The molecule has 5 nitrogen and oxygen atoms in total. The topological polar surface area (TPSA) is 62.1 Å². The van der Waals surface area contributed by atoms with Crippen molar-refractivity contribution in [2.45, 2.75) is 32.3 Å². The first-order valence-electron chi connectivity index (χ1n) is 6.86. The van der Waals surface area contributed by atoms with Crippen LogP contribution in [-0.2, 0) is 6.61 Å². The first kappa shape index (κ1) is 13.5. The van der Waals surface area contributed by atoms with Gasteiger partial charge in [0, 0.05) is 42.3 Å². The lowest BCUT2D eigenvalue weighted by Crippen LogP contribution is -2.35. The van der Waals surface area contributed by atoms with E-state index in [1.54, 1.807) is 11.3 Å². The molecule has 20 heavy (non-hydrogen) atoms. The van der Waals surface area contributed by atoms with Gasteiger partial charge >= 0.3 is 0 Å². The van der Waals surface area contributed by atoms with E-state index in [2.05, 4.69) is 19.9 Å². The molecule has 0 bridgehead atoms. The number of aliphatic hydroxyl groups is 1. The zero-order valence-electron chi connectivity index (χ0n) is 11.5. The highest BCUT2D eigenvalue weighted by Gasteiger charge is 2.24. The average molecular weight is 290 g/mol. The average Bonchev–Trinajstić information content (AvgIpc) is 3.01. The number of anilines is 1. The van der Waals surface area contributed by atoms with Gasteiger partial charge in [-0.15, -0.1) is 11.3 Å². The van der Waals surface area contributed by atoms with Gasteiger partial charge in [-0.05, 0) is 19.8 Å². The second kappa shape index (κ2) is 5.85. The van der Waals surface area contributed by atoms with Gasteiger partial charge in [0.15, 0.2) is 5.82 Å². The minimum atomic E-state index is -0.113. The van der Waals surface area contributed by atoms with Crippen molar-refractivity contribution < 1.29 is 5.11 Å². The van der Waals surface area contributed by atoms with E-state index in [0.29, 0.717) is 11.7 Å². The predicted octanol–water partition coefficient (Wildman–Crippen LogP) is 2.12. The highest BCUT2D eigenvalue weighted by molar-refractivity contribution is 7.09. The summed E-state index contributed by atoms with van der Waals surface area (Å²) in [6.07, 6.45) is 4.19. The first-order valence-corrected chi connectivity index (χ1v) is 7.74. The molecule has 1 aliphatic rings. The molecule has 106 valence electrons. The molecule has 1 N–H and O–H groups in total. The van der Waals surface area contributed by atoms with E-state index in [1.165, 1.54) is 11.4 Å². The van der Waals surface area contributed by atoms with Crippen molar-refractivity contribution in [2.24, 2.45) is 0 Å². The lowest BCUT2D eigenvalue weighted by Gasteiger charge is -2.32. The van der Waals surface area contributed by atoms with Gasteiger partial charge in [-0.3, -0.25) is 0 Å². The van der Waals surface area contributed by atoms with Crippen molar-refractivity contribution in [3.63, 3.8) is 0 Å². The highest BCUT2D eigenvalue weighted by Crippen LogP contribution is 2.30. The number of aromatic nitrogens is 3. The fourth-order valence-corrected chi connectivity index (χ4v) is 3.44. The first-order chi connectivity index (χ1) is 9.76. The lowest BCUT2D eigenvalue weighted by atomic mass is 9.99. The molecule has 0 amide bonds. The molecule has 3 rings (SSSR count). The molecule has 1 fully saturated rings. The maximum atomic E-state index is 9.24. The summed E-state index contributed by atoms with van der Waals surface area (Å²) in [5.74, 6) is 1.90. The van der Waals surface area contributed by atoms with Crippen molar-refractivity contribution in [1.29, 1.82) is 0 Å². The summed E-state index contributed by atoms with van der Waals surface area (Å²) >= 11 is 1.73. The molecular weight excluding hydrogens is 272 g/mol. The van der Waals surface area contributed by atoms with E-state index in [-0.39, 0.29) is 6.61 Å². The molecule has 0 aliphatic carbocycles. The lowest BCUT2D eigenvalue weighted by molar-refractivity contribution is 0.271.